The van der Waals surface area contributed by atoms with E-state index in [1.807, 2.05) is 24.3 Å². The zero-order valence-corrected chi connectivity index (χ0v) is 11.2. The number of nitrogens with one attached hydrogen (secondary N) is 3. The number of aromatic nitrogens is 2. The second-order valence-corrected chi connectivity index (χ2v) is 5.05. The van der Waals surface area contributed by atoms with E-state index in [4.69, 9.17) is 0 Å². The summed E-state index contributed by atoms with van der Waals surface area (Å²) in [6.07, 6.45) is 5.52. The minimum atomic E-state index is 0.0658. The molecule has 1 unspecified atom stereocenters. The molecule has 1 amide bonds. The third-order valence-electron chi connectivity index (χ3n) is 3.57. The minimum absolute atomic E-state index is 0.0658. The smallest absolute Gasteiger partial charge is 0.228 e. The molecular weight excluding hydrogens is 252 g/mol. The van der Waals surface area contributed by atoms with Crippen LogP contribution in [0.15, 0.2) is 36.7 Å². The lowest BCUT2D eigenvalue weighted by atomic mass is 9.99. The Morgan fingerprint density at radius 3 is 3.10 bits per heavy atom. The maximum atomic E-state index is 12.2. The predicted octanol–water partition coefficient (Wildman–Crippen LogP) is 2.01. The molecule has 0 spiro atoms. The number of aromatic amines is 1. The van der Waals surface area contributed by atoms with Gasteiger partial charge in [0.05, 0.1) is 5.92 Å². The van der Waals surface area contributed by atoms with Crippen LogP contribution in [0.3, 0.4) is 0 Å². The van der Waals surface area contributed by atoms with Crippen LogP contribution in [0.1, 0.15) is 12.8 Å². The van der Waals surface area contributed by atoms with Gasteiger partial charge in [0.25, 0.3) is 0 Å². The summed E-state index contributed by atoms with van der Waals surface area (Å²) in [6.45, 7) is 1.78. The number of carbonyl (C=O) groups is 1. The van der Waals surface area contributed by atoms with Crippen LogP contribution in [0.4, 0.5) is 5.69 Å². The van der Waals surface area contributed by atoms with Crippen molar-refractivity contribution in [1.82, 2.24) is 15.3 Å². The van der Waals surface area contributed by atoms with Gasteiger partial charge in [0, 0.05) is 30.2 Å². The standard InChI is InChI=1S/C15H18N4O/c20-15(12-4-2-6-16-10-12)19-13-5-1-3-11(9-13)14-17-7-8-18-14/h1,3,5,7-9,12,16H,2,4,6,10H2,(H,17,18)(H,19,20). The van der Waals surface area contributed by atoms with Crippen molar-refractivity contribution in [1.29, 1.82) is 0 Å². The van der Waals surface area contributed by atoms with E-state index in [1.54, 1.807) is 12.4 Å². The van der Waals surface area contributed by atoms with E-state index in [-0.39, 0.29) is 11.8 Å². The van der Waals surface area contributed by atoms with Crippen molar-refractivity contribution >= 4 is 11.6 Å². The van der Waals surface area contributed by atoms with E-state index in [1.165, 1.54) is 0 Å². The third-order valence-corrected chi connectivity index (χ3v) is 3.57. The largest absolute Gasteiger partial charge is 0.345 e. The number of hydrogen-bond acceptors (Lipinski definition) is 3. The van der Waals surface area contributed by atoms with E-state index >= 15 is 0 Å². The number of imidazole rings is 1. The molecule has 5 heteroatoms. The first-order chi connectivity index (χ1) is 9.83. The minimum Gasteiger partial charge on any atom is -0.345 e. The van der Waals surface area contributed by atoms with Crippen LogP contribution in [-0.2, 0) is 4.79 Å². The van der Waals surface area contributed by atoms with Crippen LogP contribution in [0.5, 0.6) is 0 Å². The Morgan fingerprint density at radius 2 is 2.35 bits per heavy atom. The summed E-state index contributed by atoms with van der Waals surface area (Å²) < 4.78 is 0. The first kappa shape index (κ1) is 12.9. The molecule has 0 saturated carbocycles. The maximum Gasteiger partial charge on any atom is 0.228 e. The van der Waals surface area contributed by atoms with Crippen molar-refractivity contribution < 1.29 is 4.79 Å². The second kappa shape index (κ2) is 5.88. The fraction of sp³-hybridized carbons (Fsp3) is 0.333. The Kier molecular flexibility index (Phi) is 3.78. The average molecular weight is 270 g/mol. The molecule has 1 aliphatic rings. The summed E-state index contributed by atoms with van der Waals surface area (Å²) in [5.74, 6) is 0.963. The number of nitrogens with zero attached hydrogens (tertiary/aromatic N) is 1. The fourth-order valence-corrected chi connectivity index (χ4v) is 2.49. The van der Waals surface area contributed by atoms with Gasteiger partial charge in [-0.05, 0) is 31.5 Å². The normalized spacial score (nSPS) is 18.7. The van der Waals surface area contributed by atoms with Gasteiger partial charge in [0.2, 0.25) is 5.91 Å². The molecule has 3 N–H and O–H groups in total. The van der Waals surface area contributed by atoms with Gasteiger partial charge >= 0.3 is 0 Å². The molecule has 1 saturated heterocycles. The van der Waals surface area contributed by atoms with E-state index in [2.05, 4.69) is 20.6 Å². The summed E-state index contributed by atoms with van der Waals surface area (Å²) in [7, 11) is 0. The van der Waals surface area contributed by atoms with Crippen LogP contribution < -0.4 is 10.6 Å². The highest BCUT2D eigenvalue weighted by atomic mass is 16.1. The number of benzene rings is 1. The molecule has 1 aromatic heterocycles. The predicted molar refractivity (Wildman–Crippen MR) is 78.2 cm³/mol. The van der Waals surface area contributed by atoms with Gasteiger partial charge in [0.15, 0.2) is 0 Å². The number of anilines is 1. The fourth-order valence-electron chi connectivity index (χ4n) is 2.49. The Hall–Kier alpha value is -2.14. The van der Waals surface area contributed by atoms with Gasteiger partial charge in [-0.15, -0.1) is 0 Å². The molecule has 104 valence electrons. The molecule has 5 nitrogen and oxygen atoms in total. The molecule has 0 bridgehead atoms. The summed E-state index contributed by atoms with van der Waals surface area (Å²) in [6, 6.07) is 7.73. The van der Waals surface area contributed by atoms with Gasteiger partial charge in [-0.3, -0.25) is 4.79 Å². The lowest BCUT2D eigenvalue weighted by molar-refractivity contribution is -0.120. The number of carbonyl (C=O) groups excluding carboxylic acids is 1. The zero-order chi connectivity index (χ0) is 13.8. The summed E-state index contributed by atoms with van der Waals surface area (Å²) in [5, 5.41) is 6.25. The molecule has 2 heterocycles. The van der Waals surface area contributed by atoms with Gasteiger partial charge in [-0.1, -0.05) is 12.1 Å². The SMILES string of the molecule is O=C(Nc1cccc(-c2ncc[nH]2)c1)C1CCCNC1. The van der Waals surface area contributed by atoms with Gasteiger partial charge < -0.3 is 15.6 Å². The van der Waals surface area contributed by atoms with Gasteiger partial charge in [-0.25, -0.2) is 4.98 Å². The molecule has 1 fully saturated rings. The number of H-pyrrole nitrogens is 1. The Bertz CT molecular complexity index is 573. The van der Waals surface area contributed by atoms with E-state index < -0.39 is 0 Å². The topological polar surface area (TPSA) is 69.8 Å². The molecule has 20 heavy (non-hydrogen) atoms. The van der Waals surface area contributed by atoms with E-state index in [0.717, 1.165) is 43.0 Å². The molecule has 0 radical (unpaired) electrons. The Morgan fingerprint density at radius 1 is 1.40 bits per heavy atom. The van der Waals surface area contributed by atoms with Crippen molar-refractivity contribution in [2.45, 2.75) is 12.8 Å². The number of rotatable bonds is 3. The van der Waals surface area contributed by atoms with Crippen LogP contribution >= 0.6 is 0 Å². The van der Waals surface area contributed by atoms with Crippen LogP contribution in [0.25, 0.3) is 11.4 Å². The lowest BCUT2D eigenvalue weighted by Gasteiger charge is -2.21. The lowest BCUT2D eigenvalue weighted by Crippen LogP contribution is -2.37. The number of amides is 1. The van der Waals surface area contributed by atoms with E-state index in [0.29, 0.717) is 0 Å². The van der Waals surface area contributed by atoms with Crippen LogP contribution in [0.2, 0.25) is 0 Å². The Balaban J connectivity index is 1.71. The quantitative estimate of drug-likeness (QED) is 0.799. The highest BCUT2D eigenvalue weighted by molar-refractivity contribution is 5.93. The second-order valence-electron chi connectivity index (χ2n) is 5.05. The molecule has 1 aromatic carbocycles. The molecule has 3 rings (SSSR count). The zero-order valence-electron chi connectivity index (χ0n) is 11.2. The van der Waals surface area contributed by atoms with Crippen molar-refractivity contribution in [3.63, 3.8) is 0 Å². The number of piperidine rings is 1. The van der Waals surface area contributed by atoms with Crippen LogP contribution in [0, 0.1) is 5.92 Å². The third kappa shape index (κ3) is 2.88. The van der Waals surface area contributed by atoms with E-state index in [9.17, 15) is 4.79 Å². The summed E-state index contributed by atoms with van der Waals surface area (Å²) >= 11 is 0. The number of hydrogen-bond donors (Lipinski definition) is 3. The van der Waals surface area contributed by atoms with Crippen molar-refractivity contribution in [2.75, 3.05) is 18.4 Å². The molecular formula is C15H18N4O. The molecule has 0 aliphatic carbocycles. The summed E-state index contributed by atoms with van der Waals surface area (Å²) in [5.41, 5.74) is 1.78. The van der Waals surface area contributed by atoms with Crippen LogP contribution in [-0.4, -0.2) is 29.0 Å². The van der Waals surface area contributed by atoms with Gasteiger partial charge in [-0.2, -0.15) is 0 Å². The van der Waals surface area contributed by atoms with Crippen molar-refractivity contribution in [2.24, 2.45) is 5.92 Å². The first-order valence-electron chi connectivity index (χ1n) is 6.94. The van der Waals surface area contributed by atoms with Crippen molar-refractivity contribution in [3.8, 4) is 11.4 Å². The highest BCUT2D eigenvalue weighted by Gasteiger charge is 2.20. The molecule has 2 aromatic rings. The maximum absolute atomic E-state index is 12.2. The molecule has 1 aliphatic heterocycles. The Labute approximate surface area is 117 Å². The first-order valence-corrected chi connectivity index (χ1v) is 6.94. The highest BCUT2D eigenvalue weighted by Crippen LogP contribution is 2.20. The molecule has 1 atom stereocenters. The average Bonchev–Trinajstić information content (AvgIpc) is 3.03. The van der Waals surface area contributed by atoms with Crippen molar-refractivity contribution in [3.05, 3.63) is 36.7 Å². The summed E-state index contributed by atoms with van der Waals surface area (Å²) in [4.78, 5) is 19.5. The monoisotopic (exact) mass is 270 g/mol. The van der Waals surface area contributed by atoms with Gasteiger partial charge in [0.1, 0.15) is 5.82 Å².